The van der Waals surface area contributed by atoms with Crippen molar-refractivity contribution in [1.29, 1.82) is 0 Å². The monoisotopic (exact) mass is 414 g/mol. The van der Waals surface area contributed by atoms with E-state index in [-0.39, 0.29) is 17.8 Å². The summed E-state index contributed by atoms with van der Waals surface area (Å²) in [6, 6.07) is 27.2. The summed E-state index contributed by atoms with van der Waals surface area (Å²) in [5.74, 6) is 0.182. The van der Waals surface area contributed by atoms with Gasteiger partial charge in [-0.05, 0) is 50.8 Å². The number of fused-ring (bicyclic) bond motifs is 2. The van der Waals surface area contributed by atoms with E-state index in [2.05, 4.69) is 87.5 Å². The molecule has 2 aliphatic rings. The van der Waals surface area contributed by atoms with Crippen LogP contribution < -0.4 is 4.74 Å². The van der Waals surface area contributed by atoms with Crippen LogP contribution in [-0.2, 0) is 21.7 Å². The van der Waals surface area contributed by atoms with E-state index in [1.807, 2.05) is 12.1 Å². The molecule has 1 saturated heterocycles. The van der Waals surface area contributed by atoms with Gasteiger partial charge in [-0.15, -0.1) is 0 Å². The van der Waals surface area contributed by atoms with Gasteiger partial charge in [0.2, 0.25) is 0 Å². The number of rotatable bonds is 3. The van der Waals surface area contributed by atoms with Crippen LogP contribution in [-0.4, -0.2) is 5.60 Å². The van der Waals surface area contributed by atoms with Crippen molar-refractivity contribution in [2.45, 2.75) is 63.6 Å². The van der Waals surface area contributed by atoms with Crippen LogP contribution in [0.3, 0.4) is 0 Å². The first-order valence-corrected chi connectivity index (χ1v) is 11.2. The van der Waals surface area contributed by atoms with E-state index in [0.29, 0.717) is 0 Å². The fraction of sp³-hybridized carbons (Fsp3) is 0.357. The van der Waals surface area contributed by atoms with E-state index in [1.54, 1.807) is 0 Å². The van der Waals surface area contributed by atoms with Crippen molar-refractivity contribution < 1.29 is 14.2 Å². The predicted octanol–water partition coefficient (Wildman–Crippen LogP) is 6.88. The molecule has 2 unspecified atom stereocenters. The maximum Gasteiger partial charge on any atom is 0.196 e. The maximum absolute atomic E-state index is 6.88. The summed E-state index contributed by atoms with van der Waals surface area (Å²) in [5.41, 5.74) is 4.35. The van der Waals surface area contributed by atoms with Crippen LogP contribution in [0.2, 0.25) is 0 Å². The van der Waals surface area contributed by atoms with E-state index in [4.69, 9.17) is 14.2 Å². The van der Waals surface area contributed by atoms with Gasteiger partial charge in [0.1, 0.15) is 23.6 Å². The van der Waals surface area contributed by atoms with Gasteiger partial charge in [-0.2, -0.15) is 0 Å². The smallest absolute Gasteiger partial charge is 0.196 e. The summed E-state index contributed by atoms with van der Waals surface area (Å²) < 4.78 is 20.1. The van der Waals surface area contributed by atoms with E-state index >= 15 is 0 Å². The quantitative estimate of drug-likeness (QED) is 0.467. The Morgan fingerprint density at radius 2 is 1.35 bits per heavy atom. The van der Waals surface area contributed by atoms with Crippen LogP contribution in [0.5, 0.6) is 5.75 Å². The summed E-state index contributed by atoms with van der Waals surface area (Å²) in [6.45, 7) is 6.26. The molecule has 0 aromatic heterocycles. The number of ether oxygens (including phenoxy) is 3. The van der Waals surface area contributed by atoms with Gasteiger partial charge in [-0.3, -0.25) is 0 Å². The lowest BCUT2D eigenvalue weighted by Crippen LogP contribution is -2.33. The molecule has 3 nitrogen and oxygen atoms in total. The molecule has 3 heteroatoms. The third-order valence-electron chi connectivity index (χ3n) is 6.06. The SMILES string of the molecule is CC(C)(C)Oc1cccc2c1CCCC21OC(c2ccccc2)C(c2ccccc2)O1. The van der Waals surface area contributed by atoms with Gasteiger partial charge >= 0.3 is 0 Å². The lowest BCUT2D eigenvalue weighted by atomic mass is 9.86. The molecule has 1 spiro atoms. The van der Waals surface area contributed by atoms with E-state index in [0.717, 1.165) is 41.7 Å². The molecule has 0 radical (unpaired) electrons. The zero-order chi connectivity index (χ0) is 21.5. The number of hydrogen-bond acceptors (Lipinski definition) is 3. The van der Waals surface area contributed by atoms with Gasteiger partial charge in [0, 0.05) is 17.5 Å². The van der Waals surface area contributed by atoms with Crippen molar-refractivity contribution in [1.82, 2.24) is 0 Å². The van der Waals surface area contributed by atoms with Gasteiger partial charge in [0.05, 0.1) is 0 Å². The Morgan fingerprint density at radius 1 is 0.774 bits per heavy atom. The Kier molecular flexibility index (Phi) is 5.11. The minimum Gasteiger partial charge on any atom is -0.488 e. The van der Waals surface area contributed by atoms with E-state index < -0.39 is 5.79 Å². The fourth-order valence-corrected chi connectivity index (χ4v) is 4.82. The van der Waals surface area contributed by atoms with Gasteiger partial charge in [0.25, 0.3) is 0 Å². The second kappa shape index (κ2) is 7.81. The molecule has 3 aromatic rings. The van der Waals surface area contributed by atoms with Crippen molar-refractivity contribution >= 4 is 0 Å². The number of hydrogen-bond donors (Lipinski definition) is 0. The van der Waals surface area contributed by atoms with Crippen molar-refractivity contribution in [3.8, 4) is 5.75 Å². The van der Waals surface area contributed by atoms with Gasteiger partial charge in [-0.1, -0.05) is 72.8 Å². The zero-order valence-electron chi connectivity index (χ0n) is 18.5. The van der Waals surface area contributed by atoms with Crippen LogP contribution in [0.4, 0.5) is 0 Å². The largest absolute Gasteiger partial charge is 0.488 e. The molecular formula is C28H30O3. The van der Waals surface area contributed by atoms with Crippen LogP contribution in [0.15, 0.2) is 78.9 Å². The highest BCUT2D eigenvalue weighted by Crippen LogP contribution is 2.56. The molecule has 1 fully saturated rings. The molecule has 0 N–H and O–H groups in total. The average Bonchev–Trinajstić information content (AvgIpc) is 3.15. The first-order valence-electron chi connectivity index (χ1n) is 11.2. The second-order valence-electron chi connectivity index (χ2n) is 9.50. The number of benzene rings is 3. The molecule has 1 aliphatic heterocycles. The van der Waals surface area contributed by atoms with Crippen LogP contribution in [0.1, 0.15) is 68.1 Å². The minimum absolute atomic E-state index is 0.165. The van der Waals surface area contributed by atoms with E-state index in [1.165, 1.54) is 5.56 Å². The van der Waals surface area contributed by atoms with Crippen molar-refractivity contribution in [3.05, 3.63) is 101 Å². The van der Waals surface area contributed by atoms with Crippen molar-refractivity contribution in [3.63, 3.8) is 0 Å². The molecule has 5 rings (SSSR count). The first-order chi connectivity index (χ1) is 15.0. The molecule has 2 atom stereocenters. The zero-order valence-corrected chi connectivity index (χ0v) is 18.5. The third kappa shape index (κ3) is 3.88. The summed E-state index contributed by atoms with van der Waals surface area (Å²) in [5, 5.41) is 0. The average molecular weight is 415 g/mol. The molecular weight excluding hydrogens is 384 g/mol. The third-order valence-corrected chi connectivity index (χ3v) is 6.06. The molecule has 160 valence electrons. The van der Waals surface area contributed by atoms with Gasteiger partial charge in [-0.25, -0.2) is 0 Å². The van der Waals surface area contributed by atoms with E-state index in [9.17, 15) is 0 Å². The predicted molar refractivity (Wildman–Crippen MR) is 122 cm³/mol. The van der Waals surface area contributed by atoms with Crippen LogP contribution in [0.25, 0.3) is 0 Å². The molecule has 3 aromatic carbocycles. The Labute approximate surface area is 185 Å². The Bertz CT molecular complexity index is 989. The minimum atomic E-state index is -0.758. The molecule has 1 heterocycles. The molecule has 0 saturated carbocycles. The second-order valence-corrected chi connectivity index (χ2v) is 9.50. The molecule has 31 heavy (non-hydrogen) atoms. The standard InChI is InChI=1S/C28H30O3/c1-27(2,3)29-24-18-10-17-23-22(24)16-11-19-28(23)30-25(20-12-6-4-7-13-20)26(31-28)21-14-8-5-9-15-21/h4-10,12-15,17-18,25-26H,11,16,19H2,1-3H3. The Morgan fingerprint density at radius 3 is 1.90 bits per heavy atom. The summed E-state index contributed by atoms with van der Waals surface area (Å²) in [6.07, 6.45) is 2.48. The van der Waals surface area contributed by atoms with Crippen molar-refractivity contribution in [2.24, 2.45) is 0 Å². The highest BCUT2D eigenvalue weighted by molar-refractivity contribution is 5.45. The summed E-state index contributed by atoms with van der Waals surface area (Å²) in [4.78, 5) is 0. The van der Waals surface area contributed by atoms with Gasteiger partial charge < -0.3 is 14.2 Å². The topological polar surface area (TPSA) is 27.7 Å². The summed E-state index contributed by atoms with van der Waals surface area (Å²) in [7, 11) is 0. The molecule has 0 amide bonds. The lowest BCUT2D eigenvalue weighted by molar-refractivity contribution is -0.195. The molecule has 0 bridgehead atoms. The normalized spacial score (nSPS) is 25.4. The highest BCUT2D eigenvalue weighted by Gasteiger charge is 2.52. The lowest BCUT2D eigenvalue weighted by Gasteiger charge is -2.36. The fourth-order valence-electron chi connectivity index (χ4n) is 4.82. The van der Waals surface area contributed by atoms with Crippen LogP contribution in [0, 0.1) is 0 Å². The van der Waals surface area contributed by atoms with Crippen molar-refractivity contribution in [2.75, 3.05) is 0 Å². The maximum atomic E-state index is 6.88. The van der Waals surface area contributed by atoms with Crippen LogP contribution >= 0.6 is 0 Å². The Balaban J connectivity index is 1.59. The summed E-state index contributed by atoms with van der Waals surface area (Å²) >= 11 is 0. The van der Waals surface area contributed by atoms with Gasteiger partial charge in [0.15, 0.2) is 5.79 Å². The highest BCUT2D eigenvalue weighted by atomic mass is 16.8. The first kappa shape index (κ1) is 20.3. The molecule has 1 aliphatic carbocycles. The Hall–Kier alpha value is -2.62.